The van der Waals surface area contributed by atoms with Crippen molar-refractivity contribution in [3.63, 3.8) is 0 Å². The van der Waals surface area contributed by atoms with Crippen LogP contribution in [0.25, 0.3) is 5.76 Å². The fourth-order valence-electron chi connectivity index (χ4n) is 3.53. The first kappa shape index (κ1) is 21.0. The number of aryl methyl sites for hydroxylation is 1. The Labute approximate surface area is 188 Å². The summed E-state index contributed by atoms with van der Waals surface area (Å²) in [7, 11) is 1.47. The van der Waals surface area contributed by atoms with E-state index < -0.39 is 23.5 Å². The summed E-state index contributed by atoms with van der Waals surface area (Å²) < 4.78 is 11.0. The quantitative estimate of drug-likeness (QED) is 0.316. The summed E-state index contributed by atoms with van der Waals surface area (Å²) in [5.74, 6) is -0.725. The second-order valence-corrected chi connectivity index (χ2v) is 7.78. The number of nitrogens with zero attached hydrogens (tertiary/aromatic N) is 1. The molecule has 8 heteroatoms. The number of hydrogen-bond donors (Lipinski definition) is 1. The van der Waals surface area contributed by atoms with Gasteiger partial charge in [-0.3, -0.25) is 14.5 Å². The molecule has 1 aliphatic heterocycles. The van der Waals surface area contributed by atoms with Gasteiger partial charge in [-0.15, -0.1) is 0 Å². The molecule has 1 unspecified atom stereocenters. The Balaban J connectivity index is 1.96. The Kier molecular flexibility index (Phi) is 5.52. The van der Waals surface area contributed by atoms with Crippen LogP contribution >= 0.6 is 23.2 Å². The van der Waals surface area contributed by atoms with E-state index in [2.05, 4.69) is 0 Å². The number of carbonyl (C=O) groups excluding carboxylic acids is 2. The van der Waals surface area contributed by atoms with Crippen LogP contribution in [0.2, 0.25) is 10.0 Å². The summed E-state index contributed by atoms with van der Waals surface area (Å²) in [6, 6.07) is 13.5. The van der Waals surface area contributed by atoms with Crippen molar-refractivity contribution >= 4 is 46.3 Å². The van der Waals surface area contributed by atoms with Crippen LogP contribution in [0.4, 0.5) is 5.69 Å². The van der Waals surface area contributed by atoms with Crippen molar-refractivity contribution in [2.45, 2.75) is 13.0 Å². The molecule has 4 rings (SSSR count). The van der Waals surface area contributed by atoms with Crippen LogP contribution < -0.4 is 9.64 Å². The van der Waals surface area contributed by atoms with E-state index in [-0.39, 0.29) is 16.2 Å². The van der Waals surface area contributed by atoms with Crippen molar-refractivity contribution in [2.75, 3.05) is 12.0 Å². The zero-order chi connectivity index (χ0) is 22.3. The number of benzene rings is 2. The average molecular weight is 458 g/mol. The largest absolute Gasteiger partial charge is 0.507 e. The van der Waals surface area contributed by atoms with Gasteiger partial charge in [0, 0.05) is 16.3 Å². The van der Waals surface area contributed by atoms with E-state index in [1.165, 1.54) is 24.1 Å². The lowest BCUT2D eigenvalue weighted by Crippen LogP contribution is -2.29. The second kappa shape index (κ2) is 8.13. The number of rotatable bonds is 4. The van der Waals surface area contributed by atoms with Crippen molar-refractivity contribution in [3.8, 4) is 5.75 Å². The number of hydrogen-bond acceptors (Lipinski definition) is 5. The fourth-order valence-corrected chi connectivity index (χ4v) is 3.86. The number of ketones is 1. The molecule has 0 aliphatic carbocycles. The summed E-state index contributed by atoms with van der Waals surface area (Å²) in [6.07, 6.45) is 0. The standard InChI is InChI=1S/C23H17Cl2NO5/c1-12-3-10-18(31-12)20-19(21(27)16-11-15(30-2)8-9-17(16)25)22(28)23(29)26(20)14-6-4-13(24)5-7-14/h3-11,20,27H,1-2H3/b21-19+. The summed E-state index contributed by atoms with van der Waals surface area (Å²) in [4.78, 5) is 27.4. The molecule has 1 aliphatic rings. The summed E-state index contributed by atoms with van der Waals surface area (Å²) in [5.41, 5.74) is 0.467. The van der Waals surface area contributed by atoms with Gasteiger partial charge in [-0.25, -0.2) is 0 Å². The van der Waals surface area contributed by atoms with E-state index >= 15 is 0 Å². The molecule has 1 atom stereocenters. The van der Waals surface area contributed by atoms with Gasteiger partial charge in [-0.2, -0.15) is 0 Å². The smallest absolute Gasteiger partial charge is 0.300 e. The number of anilines is 1. The van der Waals surface area contributed by atoms with Crippen LogP contribution in [0.3, 0.4) is 0 Å². The highest BCUT2D eigenvalue weighted by molar-refractivity contribution is 6.52. The first-order valence-corrected chi connectivity index (χ1v) is 10.0. The highest BCUT2D eigenvalue weighted by Crippen LogP contribution is 2.43. The zero-order valence-corrected chi connectivity index (χ0v) is 18.1. The summed E-state index contributed by atoms with van der Waals surface area (Å²) in [5, 5.41) is 11.8. The predicted molar refractivity (Wildman–Crippen MR) is 118 cm³/mol. The Hall–Kier alpha value is -3.22. The Morgan fingerprint density at radius 2 is 1.77 bits per heavy atom. The molecular weight excluding hydrogens is 441 g/mol. The lowest BCUT2D eigenvalue weighted by atomic mass is 9.99. The highest BCUT2D eigenvalue weighted by atomic mass is 35.5. The van der Waals surface area contributed by atoms with Crippen LogP contribution in [0, 0.1) is 6.92 Å². The lowest BCUT2D eigenvalue weighted by Gasteiger charge is -2.23. The van der Waals surface area contributed by atoms with E-state index in [4.69, 9.17) is 32.4 Å². The Morgan fingerprint density at radius 3 is 2.39 bits per heavy atom. The first-order chi connectivity index (χ1) is 14.8. The van der Waals surface area contributed by atoms with Gasteiger partial charge in [0.15, 0.2) is 0 Å². The molecule has 158 valence electrons. The molecule has 3 aromatic rings. The molecular formula is C23H17Cl2NO5. The molecule has 1 amide bonds. The number of ether oxygens (including phenoxy) is 1. The minimum absolute atomic E-state index is 0.135. The van der Waals surface area contributed by atoms with Crippen LogP contribution in [0.15, 0.2) is 64.6 Å². The van der Waals surface area contributed by atoms with Crippen LogP contribution in [0.1, 0.15) is 23.1 Å². The van der Waals surface area contributed by atoms with Gasteiger partial charge in [0.1, 0.15) is 29.1 Å². The molecule has 0 spiro atoms. The Morgan fingerprint density at radius 1 is 1.06 bits per heavy atom. The maximum absolute atomic E-state index is 13.1. The molecule has 1 aromatic heterocycles. The number of amides is 1. The molecule has 31 heavy (non-hydrogen) atoms. The van der Waals surface area contributed by atoms with Gasteiger partial charge in [0.2, 0.25) is 0 Å². The van der Waals surface area contributed by atoms with Crippen molar-refractivity contribution < 1.29 is 23.8 Å². The van der Waals surface area contributed by atoms with Crippen molar-refractivity contribution in [2.24, 2.45) is 0 Å². The molecule has 1 saturated heterocycles. The van der Waals surface area contributed by atoms with Crippen molar-refractivity contribution in [1.29, 1.82) is 0 Å². The fraction of sp³-hybridized carbons (Fsp3) is 0.130. The SMILES string of the molecule is COc1ccc(Cl)c(/C(O)=C2\C(=O)C(=O)N(c3ccc(Cl)cc3)C2c2ccc(C)o2)c1. The van der Waals surface area contributed by atoms with E-state index in [1.54, 1.807) is 49.4 Å². The summed E-state index contributed by atoms with van der Waals surface area (Å²) in [6.45, 7) is 1.75. The lowest BCUT2D eigenvalue weighted by molar-refractivity contribution is -0.132. The topological polar surface area (TPSA) is 80.0 Å². The number of methoxy groups -OCH3 is 1. The van der Waals surface area contributed by atoms with Gasteiger partial charge in [-0.1, -0.05) is 23.2 Å². The molecule has 0 bridgehead atoms. The number of furan rings is 1. The van der Waals surface area contributed by atoms with E-state index in [0.717, 1.165) is 0 Å². The molecule has 1 N–H and O–H groups in total. The van der Waals surface area contributed by atoms with Gasteiger partial charge >= 0.3 is 0 Å². The third-order valence-electron chi connectivity index (χ3n) is 5.01. The number of aliphatic hydroxyl groups is 1. The molecule has 2 aromatic carbocycles. The number of halogens is 2. The van der Waals surface area contributed by atoms with E-state index in [1.807, 2.05) is 0 Å². The molecule has 1 fully saturated rings. The molecule has 6 nitrogen and oxygen atoms in total. The van der Waals surface area contributed by atoms with Gasteiger partial charge < -0.3 is 14.3 Å². The first-order valence-electron chi connectivity index (χ1n) is 9.28. The third kappa shape index (κ3) is 3.69. The van der Waals surface area contributed by atoms with Crippen molar-refractivity contribution in [1.82, 2.24) is 0 Å². The predicted octanol–water partition coefficient (Wildman–Crippen LogP) is 5.53. The highest BCUT2D eigenvalue weighted by Gasteiger charge is 2.48. The van der Waals surface area contributed by atoms with Crippen LogP contribution in [0.5, 0.6) is 5.75 Å². The summed E-state index contributed by atoms with van der Waals surface area (Å²) >= 11 is 12.3. The van der Waals surface area contributed by atoms with Gasteiger partial charge in [0.25, 0.3) is 11.7 Å². The normalized spacial score (nSPS) is 17.9. The number of carbonyl (C=O) groups is 2. The minimum atomic E-state index is -0.989. The Bertz CT molecular complexity index is 1210. The van der Waals surface area contributed by atoms with Gasteiger partial charge in [-0.05, 0) is 61.5 Å². The maximum Gasteiger partial charge on any atom is 0.300 e. The molecule has 0 saturated carbocycles. The second-order valence-electron chi connectivity index (χ2n) is 6.94. The van der Waals surface area contributed by atoms with E-state index in [9.17, 15) is 14.7 Å². The maximum atomic E-state index is 13.1. The number of aliphatic hydroxyl groups excluding tert-OH is 1. The molecule has 0 radical (unpaired) electrons. The number of Topliss-reactive ketones (excluding diaryl/α,β-unsaturated/α-hetero) is 1. The minimum Gasteiger partial charge on any atom is -0.507 e. The van der Waals surface area contributed by atoms with Crippen LogP contribution in [-0.2, 0) is 9.59 Å². The van der Waals surface area contributed by atoms with Gasteiger partial charge in [0.05, 0.1) is 17.7 Å². The van der Waals surface area contributed by atoms with Crippen molar-refractivity contribution in [3.05, 3.63) is 87.3 Å². The molecule has 2 heterocycles. The average Bonchev–Trinajstić information content (AvgIpc) is 3.30. The van der Waals surface area contributed by atoms with Crippen LogP contribution in [-0.4, -0.2) is 23.9 Å². The third-order valence-corrected chi connectivity index (χ3v) is 5.59. The zero-order valence-electron chi connectivity index (χ0n) is 16.6. The monoisotopic (exact) mass is 457 g/mol. The van der Waals surface area contributed by atoms with E-state index in [0.29, 0.717) is 28.0 Å².